The van der Waals surface area contributed by atoms with Crippen LogP contribution in [-0.2, 0) is 0 Å². The summed E-state index contributed by atoms with van der Waals surface area (Å²) in [6, 6.07) is 6.89. The van der Waals surface area contributed by atoms with E-state index in [1.54, 1.807) is 0 Å². The van der Waals surface area contributed by atoms with Gasteiger partial charge in [0.1, 0.15) is 5.69 Å². The number of nitro benzene ring substituents is 2. The van der Waals surface area contributed by atoms with Crippen molar-refractivity contribution in [2.75, 3.05) is 5.73 Å². The molecule has 0 heterocycles. The van der Waals surface area contributed by atoms with Crippen LogP contribution < -0.4 is 10.5 Å². The second-order valence-corrected chi connectivity index (χ2v) is 3.90. The predicted molar refractivity (Wildman–Crippen MR) is 70.6 cm³/mol. The smallest absolute Gasteiger partial charge is 0.334 e. The number of rotatable bonds is 4. The van der Waals surface area contributed by atoms with Crippen LogP contribution in [0.25, 0.3) is 0 Å². The number of halogens is 1. The van der Waals surface area contributed by atoms with E-state index in [1.807, 2.05) is 0 Å². The van der Waals surface area contributed by atoms with Crippen molar-refractivity contribution in [2.24, 2.45) is 0 Å². The highest BCUT2D eigenvalue weighted by atomic mass is 19.1. The van der Waals surface area contributed by atoms with Crippen molar-refractivity contribution in [1.29, 1.82) is 0 Å². The number of ether oxygens (including phenoxy) is 1. The van der Waals surface area contributed by atoms with E-state index in [-0.39, 0.29) is 11.4 Å². The van der Waals surface area contributed by atoms with Crippen molar-refractivity contribution in [3.63, 3.8) is 0 Å². The number of nitro groups is 2. The highest BCUT2D eigenvalue weighted by molar-refractivity contribution is 5.67. The minimum atomic E-state index is -1.01. The summed E-state index contributed by atoms with van der Waals surface area (Å²) in [4.78, 5) is 20.1. The summed E-state index contributed by atoms with van der Waals surface area (Å²) in [6.07, 6.45) is 0. The van der Waals surface area contributed by atoms with E-state index in [0.29, 0.717) is 0 Å². The summed E-state index contributed by atoms with van der Waals surface area (Å²) in [5.41, 5.74) is 4.03. The highest BCUT2D eigenvalue weighted by Gasteiger charge is 2.25. The number of hydrogen-bond acceptors (Lipinski definition) is 6. The molecule has 0 spiro atoms. The van der Waals surface area contributed by atoms with E-state index in [0.717, 1.165) is 18.2 Å². The molecule has 0 fully saturated rings. The van der Waals surface area contributed by atoms with Gasteiger partial charge in [0.05, 0.1) is 9.85 Å². The standard InChI is InChI=1S/C12H8FN3O5/c13-7-3-1-5-9(15(17)18)12(7)21-10-6-2-4-8(14)11(10)16(19)20/h1-6H,14H2. The Balaban J connectivity index is 2.56. The van der Waals surface area contributed by atoms with Gasteiger partial charge in [-0.1, -0.05) is 12.1 Å². The summed E-state index contributed by atoms with van der Waals surface area (Å²) in [7, 11) is 0. The number of para-hydroxylation sites is 2. The Morgan fingerprint density at radius 2 is 1.71 bits per heavy atom. The minimum Gasteiger partial charge on any atom is -0.440 e. The van der Waals surface area contributed by atoms with E-state index in [1.165, 1.54) is 18.2 Å². The highest BCUT2D eigenvalue weighted by Crippen LogP contribution is 2.39. The van der Waals surface area contributed by atoms with Gasteiger partial charge in [0, 0.05) is 6.07 Å². The van der Waals surface area contributed by atoms with Gasteiger partial charge in [0.15, 0.2) is 5.82 Å². The summed E-state index contributed by atoms with van der Waals surface area (Å²) >= 11 is 0. The summed E-state index contributed by atoms with van der Waals surface area (Å²) in [5.74, 6) is -2.11. The predicted octanol–water partition coefficient (Wildman–Crippen LogP) is 3.02. The van der Waals surface area contributed by atoms with Crippen LogP contribution >= 0.6 is 0 Å². The van der Waals surface area contributed by atoms with E-state index < -0.39 is 32.8 Å². The minimum absolute atomic E-state index is 0.198. The first kappa shape index (κ1) is 14.2. The van der Waals surface area contributed by atoms with Crippen LogP contribution in [0.4, 0.5) is 21.5 Å². The summed E-state index contributed by atoms with van der Waals surface area (Å²) in [6.45, 7) is 0. The van der Waals surface area contributed by atoms with Crippen LogP contribution in [0.1, 0.15) is 0 Å². The molecule has 108 valence electrons. The number of hydrogen-bond donors (Lipinski definition) is 1. The lowest BCUT2D eigenvalue weighted by atomic mass is 10.2. The maximum atomic E-state index is 13.7. The quantitative estimate of drug-likeness (QED) is 0.525. The second kappa shape index (κ2) is 5.41. The topological polar surface area (TPSA) is 122 Å². The molecule has 21 heavy (non-hydrogen) atoms. The van der Waals surface area contributed by atoms with Crippen molar-refractivity contribution >= 4 is 17.1 Å². The molecule has 8 nitrogen and oxygen atoms in total. The fourth-order valence-electron chi connectivity index (χ4n) is 1.67. The van der Waals surface area contributed by atoms with Crippen molar-refractivity contribution in [1.82, 2.24) is 0 Å². The van der Waals surface area contributed by atoms with Gasteiger partial charge < -0.3 is 10.5 Å². The molecule has 9 heteroatoms. The van der Waals surface area contributed by atoms with Crippen molar-refractivity contribution < 1.29 is 19.0 Å². The second-order valence-electron chi connectivity index (χ2n) is 3.90. The van der Waals surface area contributed by atoms with Crippen LogP contribution in [0.3, 0.4) is 0 Å². The molecule has 0 aliphatic heterocycles. The summed E-state index contributed by atoms with van der Waals surface area (Å²) < 4.78 is 18.7. The zero-order valence-corrected chi connectivity index (χ0v) is 10.4. The van der Waals surface area contributed by atoms with Crippen LogP contribution in [0.5, 0.6) is 11.5 Å². The fraction of sp³-hybridized carbons (Fsp3) is 0. The molecule has 0 bridgehead atoms. The maximum Gasteiger partial charge on any atom is 0.334 e. The lowest BCUT2D eigenvalue weighted by Gasteiger charge is -2.08. The molecule has 0 radical (unpaired) electrons. The van der Waals surface area contributed by atoms with Crippen molar-refractivity contribution in [3.8, 4) is 11.5 Å². The first-order valence-electron chi connectivity index (χ1n) is 5.55. The molecule has 0 aromatic heterocycles. The number of nitrogens with two attached hydrogens (primary N) is 1. The van der Waals surface area contributed by atoms with Crippen LogP contribution in [0.2, 0.25) is 0 Å². The van der Waals surface area contributed by atoms with Crippen molar-refractivity contribution in [2.45, 2.75) is 0 Å². The Morgan fingerprint density at radius 3 is 2.33 bits per heavy atom. The number of anilines is 1. The average Bonchev–Trinajstić information content (AvgIpc) is 2.40. The summed E-state index contributed by atoms with van der Waals surface area (Å²) in [5, 5.41) is 21.8. The molecule has 0 saturated heterocycles. The van der Waals surface area contributed by atoms with E-state index in [2.05, 4.69) is 0 Å². The Bertz CT molecular complexity index is 735. The normalized spacial score (nSPS) is 10.1. The molecule has 0 amide bonds. The zero-order chi connectivity index (χ0) is 15.6. The molecule has 0 aliphatic rings. The van der Waals surface area contributed by atoms with E-state index in [9.17, 15) is 24.6 Å². The third kappa shape index (κ3) is 2.71. The van der Waals surface area contributed by atoms with Gasteiger partial charge >= 0.3 is 11.4 Å². The van der Waals surface area contributed by atoms with Gasteiger partial charge in [-0.05, 0) is 18.2 Å². The van der Waals surface area contributed by atoms with Crippen molar-refractivity contribution in [3.05, 3.63) is 62.4 Å². The molecule has 0 aliphatic carbocycles. The molecule has 2 aromatic rings. The van der Waals surface area contributed by atoms with E-state index in [4.69, 9.17) is 10.5 Å². The average molecular weight is 293 g/mol. The molecular formula is C12H8FN3O5. The van der Waals surface area contributed by atoms with Gasteiger partial charge in [0.2, 0.25) is 11.5 Å². The van der Waals surface area contributed by atoms with Gasteiger partial charge in [0.25, 0.3) is 0 Å². The van der Waals surface area contributed by atoms with Crippen LogP contribution in [-0.4, -0.2) is 9.85 Å². The zero-order valence-electron chi connectivity index (χ0n) is 10.4. The maximum absolute atomic E-state index is 13.7. The van der Waals surface area contributed by atoms with Crippen LogP contribution in [0.15, 0.2) is 36.4 Å². The Hall–Kier alpha value is -3.23. The monoisotopic (exact) mass is 293 g/mol. The molecule has 0 atom stereocenters. The number of benzene rings is 2. The lowest BCUT2D eigenvalue weighted by Crippen LogP contribution is -2.01. The Kier molecular flexibility index (Phi) is 3.65. The molecule has 2 rings (SSSR count). The molecule has 0 unspecified atom stereocenters. The molecule has 0 saturated carbocycles. The third-order valence-corrected chi connectivity index (χ3v) is 2.57. The van der Waals surface area contributed by atoms with Gasteiger partial charge in [-0.25, -0.2) is 4.39 Å². The number of nitrogen functional groups attached to an aromatic ring is 1. The van der Waals surface area contributed by atoms with Crippen LogP contribution in [0, 0.1) is 26.0 Å². The SMILES string of the molecule is Nc1cccc(Oc2c(F)cccc2[N+](=O)[O-])c1[N+](=O)[O-]. The molecule has 2 N–H and O–H groups in total. The third-order valence-electron chi connectivity index (χ3n) is 2.57. The lowest BCUT2D eigenvalue weighted by molar-refractivity contribution is -0.387. The molecule has 2 aromatic carbocycles. The largest absolute Gasteiger partial charge is 0.440 e. The van der Waals surface area contributed by atoms with Gasteiger partial charge in [-0.15, -0.1) is 0 Å². The number of nitrogens with zero attached hydrogens (tertiary/aromatic N) is 2. The Labute approximate surface area is 116 Å². The fourth-order valence-corrected chi connectivity index (χ4v) is 1.67. The van der Waals surface area contributed by atoms with Gasteiger partial charge in [-0.2, -0.15) is 0 Å². The first-order valence-corrected chi connectivity index (χ1v) is 5.55. The Morgan fingerprint density at radius 1 is 1.05 bits per heavy atom. The van der Waals surface area contributed by atoms with E-state index >= 15 is 0 Å². The van der Waals surface area contributed by atoms with Gasteiger partial charge in [-0.3, -0.25) is 20.2 Å². The first-order chi connectivity index (χ1) is 9.91. The molecular weight excluding hydrogens is 285 g/mol.